The number of halogens is 1. The number of nitro benzene ring substituents is 1. The van der Waals surface area contributed by atoms with Gasteiger partial charge in [-0.2, -0.15) is 0 Å². The second-order valence-electron chi connectivity index (χ2n) is 5.30. The molecule has 0 aliphatic heterocycles. The first-order valence-corrected chi connectivity index (χ1v) is 6.93. The van der Waals surface area contributed by atoms with Gasteiger partial charge in [0.15, 0.2) is 0 Å². The van der Waals surface area contributed by atoms with E-state index in [-0.39, 0.29) is 10.6 Å². The van der Waals surface area contributed by atoms with Crippen molar-refractivity contribution in [3.05, 3.63) is 38.3 Å². The summed E-state index contributed by atoms with van der Waals surface area (Å²) in [6.45, 7) is 4.05. The van der Waals surface area contributed by atoms with Gasteiger partial charge in [0, 0.05) is 29.7 Å². The van der Waals surface area contributed by atoms with Crippen LogP contribution in [0.25, 0.3) is 0 Å². The maximum Gasteiger partial charge on any atom is 0.270 e. The highest BCUT2D eigenvalue weighted by molar-refractivity contribution is 9.10. The minimum Gasteiger partial charge on any atom is -0.312 e. The minimum absolute atomic E-state index is 0.122. The standard InChI is InChI=1S/C13H17BrN2O2/c1-13(5-2-6-13)9-15-8-10-3-4-11(16(17)18)7-12(10)14/h3-4,7,15H,2,5-6,8-9H2,1H3. The molecular weight excluding hydrogens is 296 g/mol. The number of nitrogens with one attached hydrogen (secondary N) is 1. The van der Waals surface area contributed by atoms with Gasteiger partial charge in [0.1, 0.15) is 0 Å². The quantitative estimate of drug-likeness (QED) is 0.667. The highest BCUT2D eigenvalue weighted by Crippen LogP contribution is 2.39. The first-order valence-electron chi connectivity index (χ1n) is 6.14. The molecule has 0 bridgehead atoms. The fourth-order valence-electron chi connectivity index (χ4n) is 2.25. The van der Waals surface area contributed by atoms with Gasteiger partial charge in [-0.05, 0) is 29.9 Å². The number of hydrogen-bond donors (Lipinski definition) is 1. The lowest BCUT2D eigenvalue weighted by molar-refractivity contribution is -0.384. The lowest BCUT2D eigenvalue weighted by Crippen LogP contribution is -2.37. The maximum absolute atomic E-state index is 10.6. The Hall–Kier alpha value is -0.940. The molecule has 1 N–H and O–H groups in total. The van der Waals surface area contributed by atoms with Crippen molar-refractivity contribution in [2.75, 3.05) is 6.54 Å². The van der Waals surface area contributed by atoms with Crippen molar-refractivity contribution in [3.63, 3.8) is 0 Å². The average Bonchev–Trinajstić information content (AvgIpc) is 2.28. The fraction of sp³-hybridized carbons (Fsp3) is 0.538. The van der Waals surface area contributed by atoms with Gasteiger partial charge < -0.3 is 5.32 Å². The van der Waals surface area contributed by atoms with Crippen LogP contribution in [0.2, 0.25) is 0 Å². The zero-order valence-corrected chi connectivity index (χ0v) is 12.0. The third-order valence-corrected chi connectivity index (χ3v) is 4.41. The molecule has 1 aromatic rings. The Balaban J connectivity index is 1.91. The van der Waals surface area contributed by atoms with Crippen LogP contribution in [0.3, 0.4) is 0 Å². The smallest absolute Gasteiger partial charge is 0.270 e. The van der Waals surface area contributed by atoms with Crippen molar-refractivity contribution in [1.29, 1.82) is 0 Å². The first-order chi connectivity index (χ1) is 8.50. The molecule has 5 heteroatoms. The predicted octanol–water partition coefficient (Wildman–Crippen LogP) is 3.64. The van der Waals surface area contributed by atoms with Gasteiger partial charge in [-0.1, -0.05) is 29.3 Å². The second kappa shape index (κ2) is 5.36. The molecule has 98 valence electrons. The Morgan fingerprint density at radius 3 is 2.72 bits per heavy atom. The average molecular weight is 313 g/mol. The van der Waals surface area contributed by atoms with E-state index in [2.05, 4.69) is 28.2 Å². The van der Waals surface area contributed by atoms with Crippen molar-refractivity contribution in [1.82, 2.24) is 5.32 Å². The van der Waals surface area contributed by atoms with E-state index in [0.717, 1.165) is 23.1 Å². The molecule has 0 saturated heterocycles. The highest BCUT2D eigenvalue weighted by Gasteiger charge is 2.30. The molecule has 18 heavy (non-hydrogen) atoms. The molecule has 0 amide bonds. The topological polar surface area (TPSA) is 55.2 Å². The highest BCUT2D eigenvalue weighted by atomic mass is 79.9. The van der Waals surface area contributed by atoms with Crippen LogP contribution >= 0.6 is 15.9 Å². The molecular formula is C13H17BrN2O2. The lowest BCUT2D eigenvalue weighted by atomic mass is 9.70. The van der Waals surface area contributed by atoms with E-state index in [1.54, 1.807) is 18.2 Å². The zero-order chi connectivity index (χ0) is 13.2. The van der Waals surface area contributed by atoms with Crippen molar-refractivity contribution < 1.29 is 4.92 Å². The Morgan fingerprint density at radius 1 is 1.50 bits per heavy atom. The van der Waals surface area contributed by atoms with Crippen LogP contribution in [-0.2, 0) is 6.54 Å². The number of rotatable bonds is 5. The summed E-state index contributed by atoms with van der Waals surface area (Å²) >= 11 is 3.38. The molecule has 0 heterocycles. The van der Waals surface area contributed by atoms with E-state index in [9.17, 15) is 10.1 Å². The number of hydrogen-bond acceptors (Lipinski definition) is 3. The monoisotopic (exact) mass is 312 g/mol. The fourth-order valence-corrected chi connectivity index (χ4v) is 2.76. The van der Waals surface area contributed by atoms with E-state index in [0.29, 0.717) is 5.41 Å². The van der Waals surface area contributed by atoms with E-state index in [1.165, 1.54) is 19.3 Å². The number of non-ortho nitro benzene ring substituents is 1. The van der Waals surface area contributed by atoms with Gasteiger partial charge in [-0.25, -0.2) is 0 Å². The number of benzene rings is 1. The molecule has 1 fully saturated rings. The maximum atomic E-state index is 10.6. The molecule has 0 spiro atoms. The van der Waals surface area contributed by atoms with Crippen LogP contribution in [0.5, 0.6) is 0 Å². The molecule has 1 aliphatic rings. The predicted molar refractivity (Wildman–Crippen MR) is 74.5 cm³/mol. The van der Waals surface area contributed by atoms with Crippen molar-refractivity contribution in [3.8, 4) is 0 Å². The molecule has 1 aromatic carbocycles. The Bertz CT molecular complexity index is 458. The third-order valence-electron chi connectivity index (χ3n) is 3.68. The zero-order valence-electron chi connectivity index (χ0n) is 10.4. The molecule has 4 nitrogen and oxygen atoms in total. The molecule has 0 aromatic heterocycles. The van der Waals surface area contributed by atoms with Gasteiger partial charge in [0.25, 0.3) is 5.69 Å². The van der Waals surface area contributed by atoms with E-state index in [4.69, 9.17) is 0 Å². The summed E-state index contributed by atoms with van der Waals surface area (Å²) in [6, 6.07) is 4.91. The van der Waals surface area contributed by atoms with Gasteiger partial charge in [0.2, 0.25) is 0 Å². The Labute approximate surface area is 115 Å². The summed E-state index contributed by atoms with van der Waals surface area (Å²) in [7, 11) is 0. The third kappa shape index (κ3) is 3.09. The van der Waals surface area contributed by atoms with E-state index >= 15 is 0 Å². The summed E-state index contributed by atoms with van der Waals surface area (Å²) in [4.78, 5) is 10.2. The first kappa shape index (κ1) is 13.5. The SMILES string of the molecule is CC1(CNCc2ccc([N+](=O)[O-])cc2Br)CCC1. The van der Waals surface area contributed by atoms with E-state index < -0.39 is 0 Å². The summed E-state index contributed by atoms with van der Waals surface area (Å²) in [5, 5.41) is 14.1. The van der Waals surface area contributed by atoms with Gasteiger partial charge in [-0.15, -0.1) is 0 Å². The molecule has 1 aliphatic carbocycles. The van der Waals surface area contributed by atoms with Crippen molar-refractivity contribution >= 4 is 21.6 Å². The van der Waals surface area contributed by atoms with Gasteiger partial charge in [-0.3, -0.25) is 10.1 Å². The van der Waals surface area contributed by atoms with Crippen LogP contribution in [0, 0.1) is 15.5 Å². The molecule has 2 rings (SSSR count). The van der Waals surface area contributed by atoms with Crippen LogP contribution in [0.4, 0.5) is 5.69 Å². The van der Waals surface area contributed by atoms with Crippen molar-refractivity contribution in [2.45, 2.75) is 32.7 Å². The molecule has 0 radical (unpaired) electrons. The normalized spacial score (nSPS) is 17.2. The van der Waals surface area contributed by atoms with Gasteiger partial charge in [0.05, 0.1) is 4.92 Å². The second-order valence-corrected chi connectivity index (χ2v) is 6.15. The van der Waals surface area contributed by atoms with Crippen molar-refractivity contribution in [2.24, 2.45) is 5.41 Å². The largest absolute Gasteiger partial charge is 0.312 e. The Kier molecular flexibility index (Phi) is 4.02. The summed E-state index contributed by atoms with van der Waals surface area (Å²) in [6.07, 6.45) is 3.92. The number of nitrogens with zero attached hydrogens (tertiary/aromatic N) is 1. The molecule has 0 unspecified atom stereocenters. The van der Waals surface area contributed by atoms with Crippen LogP contribution in [0.1, 0.15) is 31.7 Å². The summed E-state index contributed by atoms with van der Waals surface area (Å²) in [5.74, 6) is 0. The van der Waals surface area contributed by atoms with Crippen LogP contribution in [0.15, 0.2) is 22.7 Å². The summed E-state index contributed by atoms with van der Waals surface area (Å²) in [5.41, 5.74) is 1.63. The molecule has 0 atom stereocenters. The summed E-state index contributed by atoms with van der Waals surface area (Å²) < 4.78 is 0.794. The number of nitro groups is 1. The molecule has 1 saturated carbocycles. The lowest BCUT2D eigenvalue weighted by Gasteiger charge is -2.38. The minimum atomic E-state index is -0.378. The van der Waals surface area contributed by atoms with Gasteiger partial charge >= 0.3 is 0 Å². The van der Waals surface area contributed by atoms with E-state index in [1.807, 2.05) is 0 Å². The van der Waals surface area contributed by atoms with Crippen LogP contribution < -0.4 is 5.32 Å². The Morgan fingerprint density at radius 2 is 2.22 bits per heavy atom. The van der Waals surface area contributed by atoms with Crippen LogP contribution in [-0.4, -0.2) is 11.5 Å².